The average Bonchev–Trinajstić information content (AvgIpc) is 2.89. The van der Waals surface area contributed by atoms with Gasteiger partial charge in [0.2, 0.25) is 0 Å². The molecular formula is C16H22BrN3. The maximum absolute atomic E-state index is 4.35. The second-order valence-electron chi connectivity index (χ2n) is 4.99. The summed E-state index contributed by atoms with van der Waals surface area (Å²) < 4.78 is 3.11. The Balaban J connectivity index is 2.00. The summed E-state index contributed by atoms with van der Waals surface area (Å²) in [7, 11) is 0. The van der Waals surface area contributed by atoms with E-state index in [1.165, 1.54) is 11.1 Å². The smallest absolute Gasteiger partial charge is 0.0522 e. The number of halogens is 1. The molecular weight excluding hydrogens is 314 g/mol. The summed E-state index contributed by atoms with van der Waals surface area (Å²) in [5, 5.41) is 7.92. The van der Waals surface area contributed by atoms with E-state index in [4.69, 9.17) is 0 Å². The van der Waals surface area contributed by atoms with Crippen molar-refractivity contribution in [2.75, 3.05) is 6.54 Å². The molecule has 0 bridgehead atoms. The minimum Gasteiger partial charge on any atom is -0.314 e. The molecule has 0 saturated carbocycles. The molecule has 0 aliphatic heterocycles. The van der Waals surface area contributed by atoms with Crippen LogP contribution in [0.3, 0.4) is 0 Å². The SMILES string of the molecule is CCNC(Cc1ccc(Br)cc1)Cc1cnn(CC)c1. The topological polar surface area (TPSA) is 29.9 Å². The molecule has 2 aromatic rings. The Bertz CT molecular complexity index is 519. The van der Waals surface area contributed by atoms with E-state index in [2.05, 4.69) is 70.7 Å². The molecule has 1 N–H and O–H groups in total. The summed E-state index contributed by atoms with van der Waals surface area (Å²) >= 11 is 3.48. The molecule has 0 amide bonds. The molecule has 0 aliphatic carbocycles. The number of nitrogens with one attached hydrogen (secondary N) is 1. The van der Waals surface area contributed by atoms with Crippen LogP contribution >= 0.6 is 15.9 Å². The van der Waals surface area contributed by atoms with Gasteiger partial charge in [-0.15, -0.1) is 0 Å². The van der Waals surface area contributed by atoms with Crippen molar-refractivity contribution in [2.45, 2.75) is 39.3 Å². The summed E-state index contributed by atoms with van der Waals surface area (Å²) in [5.74, 6) is 0. The summed E-state index contributed by atoms with van der Waals surface area (Å²) in [6.07, 6.45) is 6.18. The minimum absolute atomic E-state index is 0.454. The van der Waals surface area contributed by atoms with Gasteiger partial charge in [0, 0.05) is 23.3 Å². The van der Waals surface area contributed by atoms with Crippen LogP contribution in [0.15, 0.2) is 41.1 Å². The molecule has 1 heterocycles. The Hall–Kier alpha value is -1.13. The predicted octanol–water partition coefficient (Wildman–Crippen LogP) is 3.43. The lowest BCUT2D eigenvalue weighted by Crippen LogP contribution is -2.32. The third kappa shape index (κ3) is 4.46. The van der Waals surface area contributed by atoms with Crippen molar-refractivity contribution in [3.05, 3.63) is 52.3 Å². The molecule has 20 heavy (non-hydrogen) atoms. The highest BCUT2D eigenvalue weighted by molar-refractivity contribution is 9.10. The molecule has 1 unspecified atom stereocenters. The van der Waals surface area contributed by atoms with Gasteiger partial charge in [0.25, 0.3) is 0 Å². The molecule has 1 aromatic carbocycles. The van der Waals surface area contributed by atoms with E-state index in [1.54, 1.807) is 0 Å². The van der Waals surface area contributed by atoms with Crippen LogP contribution in [0.5, 0.6) is 0 Å². The molecule has 0 aliphatic rings. The van der Waals surface area contributed by atoms with Gasteiger partial charge in [-0.25, -0.2) is 0 Å². The Morgan fingerprint density at radius 2 is 1.85 bits per heavy atom. The molecule has 1 atom stereocenters. The Morgan fingerprint density at radius 1 is 1.15 bits per heavy atom. The van der Waals surface area contributed by atoms with Gasteiger partial charge >= 0.3 is 0 Å². The number of hydrogen-bond donors (Lipinski definition) is 1. The van der Waals surface area contributed by atoms with Gasteiger partial charge in [0.1, 0.15) is 0 Å². The summed E-state index contributed by atoms with van der Waals surface area (Å²) in [6, 6.07) is 9.03. The van der Waals surface area contributed by atoms with E-state index in [1.807, 2.05) is 10.9 Å². The van der Waals surface area contributed by atoms with Crippen LogP contribution < -0.4 is 5.32 Å². The minimum atomic E-state index is 0.454. The number of aromatic nitrogens is 2. The van der Waals surface area contributed by atoms with Crippen molar-refractivity contribution < 1.29 is 0 Å². The fourth-order valence-electron chi connectivity index (χ4n) is 2.38. The molecule has 0 saturated heterocycles. The molecule has 0 fully saturated rings. The Kier molecular flexibility index (Phi) is 5.80. The first-order chi connectivity index (χ1) is 9.71. The van der Waals surface area contributed by atoms with Crippen LogP contribution in [0, 0.1) is 0 Å². The largest absolute Gasteiger partial charge is 0.314 e. The first kappa shape index (κ1) is 15.3. The van der Waals surface area contributed by atoms with Crippen molar-refractivity contribution in [3.8, 4) is 0 Å². The normalized spacial score (nSPS) is 12.6. The van der Waals surface area contributed by atoms with Crippen LogP contribution in [0.1, 0.15) is 25.0 Å². The van der Waals surface area contributed by atoms with Crippen LogP contribution in [-0.4, -0.2) is 22.4 Å². The third-order valence-electron chi connectivity index (χ3n) is 3.38. The van der Waals surface area contributed by atoms with E-state index in [-0.39, 0.29) is 0 Å². The molecule has 2 rings (SSSR count). The van der Waals surface area contributed by atoms with E-state index in [9.17, 15) is 0 Å². The fourth-order valence-corrected chi connectivity index (χ4v) is 2.64. The van der Waals surface area contributed by atoms with Crippen molar-refractivity contribution in [1.82, 2.24) is 15.1 Å². The van der Waals surface area contributed by atoms with Crippen molar-refractivity contribution in [2.24, 2.45) is 0 Å². The van der Waals surface area contributed by atoms with Gasteiger partial charge in [-0.1, -0.05) is 35.0 Å². The zero-order valence-corrected chi connectivity index (χ0v) is 13.7. The Morgan fingerprint density at radius 3 is 2.45 bits per heavy atom. The summed E-state index contributed by atoms with van der Waals surface area (Å²) in [5.41, 5.74) is 2.66. The maximum atomic E-state index is 4.35. The van der Waals surface area contributed by atoms with Crippen molar-refractivity contribution in [3.63, 3.8) is 0 Å². The summed E-state index contributed by atoms with van der Waals surface area (Å²) in [6.45, 7) is 6.19. The fraction of sp³-hybridized carbons (Fsp3) is 0.438. The van der Waals surface area contributed by atoms with Gasteiger partial charge in [-0.3, -0.25) is 4.68 Å². The molecule has 1 aromatic heterocycles. The van der Waals surface area contributed by atoms with Gasteiger partial charge in [0.05, 0.1) is 6.20 Å². The standard InChI is InChI=1S/C16H22BrN3/c1-3-18-16(9-13-5-7-15(17)8-6-13)10-14-11-19-20(4-2)12-14/h5-8,11-12,16,18H,3-4,9-10H2,1-2H3. The van der Waals surface area contributed by atoms with Gasteiger partial charge in [-0.05, 0) is 49.6 Å². The number of hydrogen-bond acceptors (Lipinski definition) is 2. The highest BCUT2D eigenvalue weighted by Crippen LogP contribution is 2.13. The van der Waals surface area contributed by atoms with E-state index in [0.29, 0.717) is 6.04 Å². The number of aryl methyl sites for hydroxylation is 1. The van der Waals surface area contributed by atoms with E-state index < -0.39 is 0 Å². The number of likely N-dealkylation sites (N-methyl/N-ethyl adjacent to an activating group) is 1. The van der Waals surface area contributed by atoms with E-state index in [0.717, 1.165) is 30.4 Å². The van der Waals surface area contributed by atoms with Crippen LogP contribution in [0.25, 0.3) is 0 Å². The van der Waals surface area contributed by atoms with Gasteiger partial charge in [-0.2, -0.15) is 5.10 Å². The zero-order chi connectivity index (χ0) is 14.4. The lowest BCUT2D eigenvalue weighted by atomic mass is 10.0. The second-order valence-corrected chi connectivity index (χ2v) is 5.91. The highest BCUT2D eigenvalue weighted by atomic mass is 79.9. The lowest BCUT2D eigenvalue weighted by molar-refractivity contribution is 0.521. The van der Waals surface area contributed by atoms with Crippen LogP contribution in [-0.2, 0) is 19.4 Å². The number of benzene rings is 1. The van der Waals surface area contributed by atoms with Gasteiger partial charge < -0.3 is 5.32 Å². The van der Waals surface area contributed by atoms with Gasteiger partial charge in [0.15, 0.2) is 0 Å². The van der Waals surface area contributed by atoms with Crippen molar-refractivity contribution >= 4 is 15.9 Å². The molecule has 3 nitrogen and oxygen atoms in total. The highest BCUT2D eigenvalue weighted by Gasteiger charge is 2.11. The second kappa shape index (κ2) is 7.60. The maximum Gasteiger partial charge on any atom is 0.0522 e. The lowest BCUT2D eigenvalue weighted by Gasteiger charge is -2.17. The predicted molar refractivity (Wildman–Crippen MR) is 86.9 cm³/mol. The quantitative estimate of drug-likeness (QED) is 0.840. The monoisotopic (exact) mass is 335 g/mol. The number of rotatable bonds is 7. The average molecular weight is 336 g/mol. The Labute approximate surface area is 129 Å². The molecule has 4 heteroatoms. The van der Waals surface area contributed by atoms with Crippen LogP contribution in [0.2, 0.25) is 0 Å². The first-order valence-electron chi connectivity index (χ1n) is 7.20. The van der Waals surface area contributed by atoms with Crippen molar-refractivity contribution in [1.29, 1.82) is 0 Å². The first-order valence-corrected chi connectivity index (χ1v) is 7.99. The van der Waals surface area contributed by atoms with Crippen LogP contribution in [0.4, 0.5) is 0 Å². The number of nitrogens with zero attached hydrogens (tertiary/aromatic N) is 2. The molecule has 0 spiro atoms. The molecule has 0 radical (unpaired) electrons. The molecule has 108 valence electrons. The van der Waals surface area contributed by atoms with E-state index >= 15 is 0 Å². The summed E-state index contributed by atoms with van der Waals surface area (Å²) in [4.78, 5) is 0. The zero-order valence-electron chi connectivity index (χ0n) is 12.1. The third-order valence-corrected chi connectivity index (χ3v) is 3.91.